The van der Waals surface area contributed by atoms with E-state index in [1.807, 2.05) is 110 Å². The number of amides is 4. The summed E-state index contributed by atoms with van der Waals surface area (Å²) >= 11 is 7.75. The number of aliphatic hydroxyl groups excluding tert-OH is 1. The summed E-state index contributed by atoms with van der Waals surface area (Å²) in [6.07, 6.45) is 2.90. The molecule has 0 radical (unpaired) electrons. The second-order valence-electron chi connectivity index (χ2n) is 20.2. The third-order valence-corrected chi connectivity index (χ3v) is 14.3. The first kappa shape index (κ1) is 51.8. The van der Waals surface area contributed by atoms with E-state index >= 15 is 0 Å². The number of ether oxygens (including phenoxy) is 2. The Morgan fingerprint density at radius 3 is 2.31 bits per heavy atom. The van der Waals surface area contributed by atoms with Gasteiger partial charge >= 0.3 is 0 Å². The number of pyridine rings is 1. The largest absolute Gasteiger partial charge is 0.487 e. The number of unbranched alkanes of at least 4 members (excludes halogenated alkanes) is 2. The number of carbonyl (C=O) groups excluding carboxylic acids is 4. The van der Waals surface area contributed by atoms with Crippen LogP contribution in [-0.2, 0) is 19.1 Å². The summed E-state index contributed by atoms with van der Waals surface area (Å²) in [6, 6.07) is 16.4. The molecule has 0 spiro atoms. The molecule has 0 unspecified atom stereocenters. The summed E-state index contributed by atoms with van der Waals surface area (Å²) in [4.78, 5) is 65.1. The van der Waals surface area contributed by atoms with E-state index in [9.17, 15) is 24.3 Å². The molecule has 1 saturated heterocycles. The summed E-state index contributed by atoms with van der Waals surface area (Å²) in [6.45, 7) is 18.4. The number of hydrogen-bond acceptors (Lipinski definition) is 12. The quantitative estimate of drug-likeness (QED) is 0.0578. The van der Waals surface area contributed by atoms with E-state index in [1.54, 1.807) is 29.5 Å². The highest BCUT2D eigenvalue weighted by Crippen LogP contribution is 2.55. The van der Waals surface area contributed by atoms with Crippen LogP contribution in [0.1, 0.15) is 114 Å². The molecule has 2 aliphatic rings. The number of nitrogens with zero attached hydrogens (tertiary/aromatic N) is 4. The molecule has 364 valence electrons. The van der Waals surface area contributed by atoms with Gasteiger partial charge in [-0.2, -0.15) is 5.26 Å². The number of halogens is 1. The van der Waals surface area contributed by atoms with Gasteiger partial charge in [-0.15, -0.1) is 11.3 Å². The fourth-order valence-corrected chi connectivity index (χ4v) is 10.6. The highest BCUT2D eigenvalue weighted by Gasteiger charge is 2.64. The van der Waals surface area contributed by atoms with Crippen molar-refractivity contribution in [3.63, 3.8) is 0 Å². The number of aryl methyl sites for hydroxylation is 1. The van der Waals surface area contributed by atoms with Gasteiger partial charge in [0.15, 0.2) is 5.69 Å². The number of thiazole rings is 1. The first-order chi connectivity index (χ1) is 32.1. The summed E-state index contributed by atoms with van der Waals surface area (Å²) in [7, 11) is 0. The monoisotopic (exact) mass is 968 g/mol. The first-order valence-electron chi connectivity index (χ1n) is 23.1. The number of hydrogen-bond donors (Lipinski definition) is 5. The van der Waals surface area contributed by atoms with Crippen molar-refractivity contribution in [3.8, 4) is 22.3 Å². The topological polar surface area (TPSA) is 208 Å². The number of carbonyl (C=O) groups is 4. The highest BCUT2D eigenvalue weighted by atomic mass is 35.5. The molecule has 15 nitrogen and oxygen atoms in total. The van der Waals surface area contributed by atoms with Crippen LogP contribution in [-0.4, -0.2) is 100 Å². The van der Waals surface area contributed by atoms with Gasteiger partial charge in [-0.1, -0.05) is 84.3 Å². The molecule has 2 aromatic heterocycles. The summed E-state index contributed by atoms with van der Waals surface area (Å²) in [5.41, 5.74) is 4.79. The van der Waals surface area contributed by atoms with Crippen LogP contribution in [0.2, 0.25) is 5.02 Å². The minimum atomic E-state index is -0.954. The fourth-order valence-electron chi connectivity index (χ4n) is 9.58. The van der Waals surface area contributed by atoms with Gasteiger partial charge < -0.3 is 40.7 Å². The van der Waals surface area contributed by atoms with Gasteiger partial charge in [0.1, 0.15) is 36.6 Å². The van der Waals surface area contributed by atoms with Crippen LogP contribution < -0.4 is 26.0 Å². The molecule has 2 fully saturated rings. The Morgan fingerprint density at radius 1 is 1.00 bits per heavy atom. The van der Waals surface area contributed by atoms with Gasteiger partial charge in [-0.3, -0.25) is 19.2 Å². The molecule has 17 heteroatoms. The maximum absolute atomic E-state index is 14.1. The van der Waals surface area contributed by atoms with Crippen molar-refractivity contribution in [2.45, 2.75) is 124 Å². The number of benzene rings is 2. The number of rotatable bonds is 19. The van der Waals surface area contributed by atoms with E-state index in [0.717, 1.165) is 46.6 Å². The van der Waals surface area contributed by atoms with E-state index in [-0.39, 0.29) is 60.3 Å². The van der Waals surface area contributed by atoms with Crippen LogP contribution >= 0.6 is 22.9 Å². The molecule has 2 aromatic carbocycles. The molecular formula is C51H65ClN8O7S. The molecule has 6 rings (SSSR count). The Hall–Kier alpha value is -5.60. The van der Waals surface area contributed by atoms with Gasteiger partial charge in [-0.05, 0) is 73.9 Å². The predicted molar refractivity (Wildman–Crippen MR) is 263 cm³/mol. The second-order valence-corrected chi connectivity index (χ2v) is 21.4. The summed E-state index contributed by atoms with van der Waals surface area (Å²) < 4.78 is 12.0. The molecule has 1 aliphatic carbocycles. The molecule has 3 heterocycles. The number of anilines is 1. The minimum Gasteiger partial charge on any atom is -0.487 e. The van der Waals surface area contributed by atoms with E-state index in [0.29, 0.717) is 24.5 Å². The van der Waals surface area contributed by atoms with Crippen molar-refractivity contribution in [1.82, 2.24) is 30.8 Å². The standard InChI is InChI=1S/C51H65ClN8O7S/c1-30(32-13-15-33(16-14-32)42-31(2)56-29-68-42)57-45(64)40-23-36(61)27-60(40)46(65)43(49(3,4)5)58-41(62)28-66-22-12-10-11-21-54-35-19-17-34(18-20-35)44(63)59-47-50(6,7)48(51(47,8)9)67-37-24-38(52)39(25-53)55-26-37/h13-20,24,26,29-30,36,40,43,47-48,54,61H,10-12,21-23,27-28H2,1-9H3,(H,57,64)(H,58,62)(H,59,63)/t30-,36+,40-,43+,47?,48?/m0/s1. The van der Waals surface area contributed by atoms with Crippen LogP contribution in [0.5, 0.6) is 5.75 Å². The van der Waals surface area contributed by atoms with Crippen molar-refractivity contribution < 1.29 is 33.8 Å². The van der Waals surface area contributed by atoms with E-state index < -0.39 is 46.2 Å². The Balaban J connectivity index is 0.887. The fraction of sp³-hybridized carbons (Fsp3) is 0.510. The van der Waals surface area contributed by atoms with Gasteiger partial charge in [0, 0.05) is 60.3 Å². The Morgan fingerprint density at radius 2 is 1.69 bits per heavy atom. The first-order valence-corrected chi connectivity index (χ1v) is 24.4. The predicted octanol–water partition coefficient (Wildman–Crippen LogP) is 7.62. The summed E-state index contributed by atoms with van der Waals surface area (Å²) in [5, 5.41) is 32.5. The van der Waals surface area contributed by atoms with Crippen LogP contribution in [0.25, 0.3) is 10.4 Å². The van der Waals surface area contributed by atoms with Gasteiger partial charge in [0.25, 0.3) is 5.91 Å². The number of nitriles is 1. The molecule has 68 heavy (non-hydrogen) atoms. The Labute approximate surface area is 408 Å². The molecule has 5 N–H and O–H groups in total. The van der Waals surface area contributed by atoms with Crippen molar-refractivity contribution >= 4 is 52.3 Å². The lowest BCUT2D eigenvalue weighted by atomic mass is 9.49. The number of β-amino-alcohol motifs (C(OH)–C–C–N with tert-alkyl or cyclic N) is 1. The zero-order chi connectivity index (χ0) is 49.6. The maximum Gasteiger partial charge on any atom is 0.251 e. The van der Waals surface area contributed by atoms with Crippen molar-refractivity contribution in [1.29, 1.82) is 5.26 Å². The molecule has 4 atom stereocenters. The van der Waals surface area contributed by atoms with E-state index in [2.05, 4.69) is 31.2 Å². The van der Waals surface area contributed by atoms with Gasteiger partial charge in [-0.25, -0.2) is 9.97 Å². The van der Waals surface area contributed by atoms with Crippen molar-refractivity contribution in [3.05, 3.63) is 93.8 Å². The van der Waals surface area contributed by atoms with Crippen LogP contribution in [0, 0.1) is 34.5 Å². The average molecular weight is 970 g/mol. The Kier molecular flexibility index (Phi) is 16.6. The lowest BCUT2D eigenvalue weighted by Crippen LogP contribution is -2.74. The van der Waals surface area contributed by atoms with E-state index in [1.165, 1.54) is 11.1 Å². The molecule has 4 amide bonds. The average Bonchev–Trinajstić information content (AvgIpc) is 3.91. The van der Waals surface area contributed by atoms with Crippen molar-refractivity contribution in [2.24, 2.45) is 16.2 Å². The van der Waals surface area contributed by atoms with Crippen LogP contribution in [0.15, 0.2) is 66.3 Å². The lowest BCUT2D eigenvalue weighted by molar-refractivity contribution is -0.164. The zero-order valence-corrected chi connectivity index (χ0v) is 42.0. The molecule has 1 saturated carbocycles. The third-order valence-electron chi connectivity index (χ3n) is 13.0. The number of aliphatic hydroxyl groups is 1. The van der Waals surface area contributed by atoms with Crippen LogP contribution in [0.3, 0.4) is 0 Å². The summed E-state index contributed by atoms with van der Waals surface area (Å²) in [5.74, 6) is -0.948. The molecular weight excluding hydrogens is 904 g/mol. The highest BCUT2D eigenvalue weighted by molar-refractivity contribution is 7.13. The molecule has 1 aliphatic heterocycles. The maximum atomic E-state index is 14.1. The second kappa shape index (κ2) is 21.8. The molecule has 4 aromatic rings. The van der Waals surface area contributed by atoms with Gasteiger partial charge in [0.05, 0.1) is 39.4 Å². The number of nitrogens with one attached hydrogen (secondary N) is 4. The Bertz CT molecular complexity index is 2450. The normalized spacial score (nSPS) is 20.3. The SMILES string of the molecule is Cc1ncsc1-c1ccc([C@H](C)NC(=O)[C@@H]2C[C@@H](O)CN2C(=O)[C@@H](NC(=O)COCCCCCNc2ccc(C(=O)NC3C(C)(C)C(Oc4cnc(C#N)c(Cl)c4)C3(C)C)cc2)C(C)(C)C)cc1. The van der Waals surface area contributed by atoms with E-state index in [4.69, 9.17) is 26.3 Å². The lowest BCUT2D eigenvalue weighted by Gasteiger charge is -2.63. The number of aromatic nitrogens is 2. The smallest absolute Gasteiger partial charge is 0.251 e. The van der Waals surface area contributed by atoms with Crippen LogP contribution in [0.4, 0.5) is 5.69 Å². The number of likely N-dealkylation sites (tertiary alicyclic amines) is 1. The van der Waals surface area contributed by atoms with Gasteiger partial charge in [0.2, 0.25) is 17.7 Å². The molecule has 0 bridgehead atoms. The zero-order valence-electron chi connectivity index (χ0n) is 40.4. The van der Waals surface area contributed by atoms with Crippen molar-refractivity contribution in [2.75, 3.05) is 31.6 Å². The third kappa shape index (κ3) is 12.2. The minimum absolute atomic E-state index is 0.0149.